The number of furan rings is 1. The molecule has 1 atom stereocenters. The van der Waals surface area contributed by atoms with Crippen LogP contribution in [0, 0.1) is 10.1 Å². The van der Waals surface area contributed by atoms with Gasteiger partial charge in [-0.2, -0.15) is 5.10 Å². The Kier molecular flexibility index (Phi) is 2.67. The molecule has 0 bridgehead atoms. The van der Waals surface area contributed by atoms with Crippen molar-refractivity contribution in [2.24, 2.45) is 0 Å². The van der Waals surface area contributed by atoms with Gasteiger partial charge in [0.2, 0.25) is 5.82 Å². The number of nitro groups is 1. The molecule has 0 spiro atoms. The summed E-state index contributed by atoms with van der Waals surface area (Å²) in [6, 6.07) is 9.15. The van der Waals surface area contributed by atoms with Crippen LogP contribution in [0.1, 0.15) is 18.7 Å². The maximum Gasteiger partial charge on any atom is 0.330 e. The first-order chi connectivity index (χ1) is 9.58. The second-order valence-electron chi connectivity index (χ2n) is 4.48. The Morgan fingerprint density at radius 3 is 2.85 bits per heavy atom. The highest BCUT2D eigenvalue weighted by molar-refractivity contribution is 5.77. The molecule has 102 valence electrons. The second kappa shape index (κ2) is 4.37. The van der Waals surface area contributed by atoms with Gasteiger partial charge in [0.15, 0.2) is 0 Å². The van der Waals surface area contributed by atoms with Crippen molar-refractivity contribution in [3.63, 3.8) is 0 Å². The molecule has 0 saturated carbocycles. The molecule has 1 unspecified atom stereocenters. The van der Waals surface area contributed by atoms with E-state index in [0.717, 1.165) is 17.2 Å². The summed E-state index contributed by atoms with van der Waals surface area (Å²) in [7, 11) is 0. The van der Waals surface area contributed by atoms with Crippen molar-refractivity contribution in [1.82, 2.24) is 9.78 Å². The van der Waals surface area contributed by atoms with E-state index >= 15 is 0 Å². The van der Waals surface area contributed by atoms with E-state index in [-0.39, 0.29) is 17.5 Å². The maximum atomic E-state index is 10.8. The molecule has 2 aromatic heterocycles. The smallest absolute Gasteiger partial charge is 0.330 e. The largest absolute Gasteiger partial charge is 0.459 e. The lowest BCUT2D eigenvalue weighted by Crippen LogP contribution is -2.11. The summed E-state index contributed by atoms with van der Waals surface area (Å²) in [5, 5.41) is 15.7. The van der Waals surface area contributed by atoms with Gasteiger partial charge in [-0.3, -0.25) is 10.1 Å². The Morgan fingerprint density at radius 2 is 2.20 bits per heavy atom. The molecule has 3 rings (SSSR count). The number of anilines is 1. The molecule has 0 fully saturated rings. The minimum Gasteiger partial charge on any atom is -0.459 e. The standard InChI is InChI=1S/C13H12N4O3/c1-8(16-13(14)10(7-15-16)17(18)19)12-6-9-4-2-3-5-11(9)20-12/h2-8H,14H2,1H3. The molecule has 0 aliphatic carbocycles. The summed E-state index contributed by atoms with van der Waals surface area (Å²) in [6.45, 7) is 1.82. The van der Waals surface area contributed by atoms with Crippen LogP contribution in [0.15, 0.2) is 40.9 Å². The average Bonchev–Trinajstić information content (AvgIpc) is 3.01. The number of nitrogen functional groups attached to an aromatic ring is 1. The molecule has 1 aromatic carbocycles. The molecule has 3 aromatic rings. The molecule has 0 radical (unpaired) electrons. The van der Waals surface area contributed by atoms with Crippen LogP contribution in [0.5, 0.6) is 0 Å². The molecule has 0 amide bonds. The number of hydrogen-bond acceptors (Lipinski definition) is 5. The number of fused-ring (bicyclic) bond motifs is 1. The van der Waals surface area contributed by atoms with Crippen molar-refractivity contribution in [3.8, 4) is 0 Å². The van der Waals surface area contributed by atoms with E-state index in [9.17, 15) is 10.1 Å². The van der Waals surface area contributed by atoms with E-state index in [4.69, 9.17) is 10.2 Å². The normalized spacial score (nSPS) is 12.7. The van der Waals surface area contributed by atoms with Gasteiger partial charge in [-0.25, -0.2) is 4.68 Å². The predicted octanol–water partition coefficient (Wildman–Crippen LogP) is 2.73. The molecule has 0 saturated heterocycles. The Hall–Kier alpha value is -2.83. The quantitative estimate of drug-likeness (QED) is 0.583. The van der Waals surface area contributed by atoms with Gasteiger partial charge in [-0.1, -0.05) is 18.2 Å². The lowest BCUT2D eigenvalue weighted by molar-refractivity contribution is -0.384. The Balaban J connectivity index is 2.03. The van der Waals surface area contributed by atoms with Gasteiger partial charge in [-0.05, 0) is 19.1 Å². The van der Waals surface area contributed by atoms with Crippen molar-refractivity contribution < 1.29 is 9.34 Å². The van der Waals surface area contributed by atoms with Crippen molar-refractivity contribution in [3.05, 3.63) is 52.4 Å². The lowest BCUT2D eigenvalue weighted by Gasteiger charge is -2.10. The van der Waals surface area contributed by atoms with Crippen LogP contribution in [0.25, 0.3) is 11.0 Å². The van der Waals surface area contributed by atoms with Gasteiger partial charge in [0, 0.05) is 5.39 Å². The molecular weight excluding hydrogens is 260 g/mol. The Labute approximate surface area is 113 Å². The van der Waals surface area contributed by atoms with E-state index in [1.165, 1.54) is 4.68 Å². The maximum absolute atomic E-state index is 10.8. The number of aromatic nitrogens is 2. The Morgan fingerprint density at radius 1 is 1.45 bits per heavy atom. The van der Waals surface area contributed by atoms with Gasteiger partial charge in [0.05, 0.1) is 4.92 Å². The summed E-state index contributed by atoms with van der Waals surface area (Å²) in [5.41, 5.74) is 6.31. The fourth-order valence-corrected chi connectivity index (χ4v) is 2.14. The van der Waals surface area contributed by atoms with Crippen LogP contribution in [0.4, 0.5) is 11.5 Å². The highest BCUT2D eigenvalue weighted by Gasteiger charge is 2.23. The van der Waals surface area contributed by atoms with Gasteiger partial charge >= 0.3 is 5.69 Å². The zero-order chi connectivity index (χ0) is 14.3. The molecular formula is C13H12N4O3. The summed E-state index contributed by atoms with van der Waals surface area (Å²) in [6.07, 6.45) is 1.15. The van der Waals surface area contributed by atoms with Crippen LogP contribution in [0.3, 0.4) is 0 Å². The minimum atomic E-state index is -0.551. The fraction of sp³-hybridized carbons (Fsp3) is 0.154. The molecule has 2 N–H and O–H groups in total. The van der Waals surface area contributed by atoms with Gasteiger partial charge < -0.3 is 10.2 Å². The number of para-hydroxylation sites is 1. The number of benzene rings is 1. The van der Waals surface area contributed by atoms with Crippen LogP contribution in [-0.4, -0.2) is 14.7 Å². The van der Waals surface area contributed by atoms with E-state index < -0.39 is 4.92 Å². The van der Waals surface area contributed by atoms with Crippen molar-refractivity contribution in [1.29, 1.82) is 0 Å². The molecule has 7 nitrogen and oxygen atoms in total. The van der Waals surface area contributed by atoms with E-state index in [1.54, 1.807) is 0 Å². The second-order valence-corrected chi connectivity index (χ2v) is 4.48. The summed E-state index contributed by atoms with van der Waals surface area (Å²) in [5.74, 6) is 0.666. The molecule has 0 aliphatic heterocycles. The van der Waals surface area contributed by atoms with Crippen molar-refractivity contribution in [2.45, 2.75) is 13.0 Å². The number of rotatable bonds is 3. The van der Waals surface area contributed by atoms with E-state index in [0.29, 0.717) is 5.76 Å². The minimum absolute atomic E-state index is 0.0166. The number of hydrogen-bond donors (Lipinski definition) is 1. The third-order valence-corrected chi connectivity index (χ3v) is 3.23. The molecule has 0 aliphatic rings. The predicted molar refractivity (Wildman–Crippen MR) is 73.3 cm³/mol. The SMILES string of the molecule is CC(c1cc2ccccc2o1)n1ncc([N+](=O)[O-])c1N. The first kappa shape index (κ1) is 12.2. The van der Waals surface area contributed by atoms with E-state index in [2.05, 4.69) is 5.10 Å². The highest BCUT2D eigenvalue weighted by atomic mass is 16.6. The topological polar surface area (TPSA) is 100 Å². The molecule has 2 heterocycles. The van der Waals surface area contributed by atoms with Crippen LogP contribution >= 0.6 is 0 Å². The Bertz CT molecular complexity index is 757. The number of nitrogens with two attached hydrogens (primary N) is 1. The first-order valence-corrected chi connectivity index (χ1v) is 6.04. The van der Waals surface area contributed by atoms with Crippen molar-refractivity contribution >= 4 is 22.5 Å². The van der Waals surface area contributed by atoms with Crippen LogP contribution < -0.4 is 5.73 Å². The molecule has 20 heavy (non-hydrogen) atoms. The molecule has 7 heteroatoms. The van der Waals surface area contributed by atoms with Crippen molar-refractivity contribution in [2.75, 3.05) is 5.73 Å². The fourth-order valence-electron chi connectivity index (χ4n) is 2.14. The van der Waals surface area contributed by atoms with Gasteiger partial charge in [-0.15, -0.1) is 0 Å². The highest BCUT2D eigenvalue weighted by Crippen LogP contribution is 2.30. The van der Waals surface area contributed by atoms with Crippen LogP contribution in [0.2, 0.25) is 0 Å². The van der Waals surface area contributed by atoms with Gasteiger partial charge in [0.1, 0.15) is 23.6 Å². The average molecular weight is 272 g/mol. The van der Waals surface area contributed by atoms with E-state index in [1.807, 2.05) is 37.3 Å². The lowest BCUT2D eigenvalue weighted by atomic mass is 10.2. The summed E-state index contributed by atoms with van der Waals surface area (Å²) < 4.78 is 7.11. The third-order valence-electron chi connectivity index (χ3n) is 3.23. The summed E-state index contributed by atoms with van der Waals surface area (Å²) in [4.78, 5) is 10.2. The van der Waals surface area contributed by atoms with Crippen LogP contribution in [-0.2, 0) is 0 Å². The number of nitrogens with zero attached hydrogens (tertiary/aromatic N) is 3. The zero-order valence-corrected chi connectivity index (χ0v) is 10.7. The first-order valence-electron chi connectivity index (χ1n) is 6.04. The van der Waals surface area contributed by atoms with Gasteiger partial charge in [0.25, 0.3) is 0 Å². The summed E-state index contributed by atoms with van der Waals surface area (Å²) >= 11 is 0. The third kappa shape index (κ3) is 1.80. The monoisotopic (exact) mass is 272 g/mol. The zero-order valence-electron chi connectivity index (χ0n) is 10.7.